The molecule has 0 unspecified atom stereocenters. The van der Waals surface area contributed by atoms with Crippen molar-refractivity contribution in [1.29, 1.82) is 0 Å². The number of rotatable bonds is 3. The average molecular weight is 219 g/mol. The van der Waals surface area contributed by atoms with Gasteiger partial charge in [0.2, 0.25) is 0 Å². The maximum atomic E-state index is 11.7. The van der Waals surface area contributed by atoms with Crippen molar-refractivity contribution in [2.45, 2.75) is 6.42 Å². The highest BCUT2D eigenvalue weighted by molar-refractivity contribution is 5.82. The highest BCUT2D eigenvalue weighted by Crippen LogP contribution is 2.48. The zero-order valence-corrected chi connectivity index (χ0v) is 8.59. The van der Waals surface area contributed by atoms with E-state index in [1.807, 2.05) is 12.2 Å². The smallest absolute Gasteiger partial charge is 0.311 e. The van der Waals surface area contributed by atoms with Gasteiger partial charge in [0, 0.05) is 11.9 Å². The predicted octanol–water partition coefficient (Wildman–Crippen LogP) is -0.649. The van der Waals surface area contributed by atoms with Crippen molar-refractivity contribution in [3.63, 3.8) is 0 Å². The second kappa shape index (κ2) is 4.01. The number of hydrogen-bond donors (Lipinski definition) is 0. The first-order valence-electron chi connectivity index (χ1n) is 5.14. The number of fused-ring (bicyclic) bond motifs is 2. The summed E-state index contributed by atoms with van der Waals surface area (Å²) in [6, 6.07) is 0. The van der Waals surface area contributed by atoms with Crippen LogP contribution in [0.15, 0.2) is 12.2 Å². The molecule has 84 valence electrons. The van der Waals surface area contributed by atoms with E-state index in [2.05, 4.69) is 5.92 Å². The second-order valence-corrected chi connectivity index (χ2v) is 4.13. The number of allylic oxidation sites excluding steroid dienone is 2. The zero-order chi connectivity index (χ0) is 11.7. The first-order valence-corrected chi connectivity index (χ1v) is 5.14. The lowest BCUT2D eigenvalue weighted by Gasteiger charge is -2.26. The summed E-state index contributed by atoms with van der Waals surface area (Å²) in [5, 5.41) is 11.0. The summed E-state index contributed by atoms with van der Waals surface area (Å²) in [6.07, 6.45) is 9.39. The molecule has 1 saturated carbocycles. The first kappa shape index (κ1) is 10.7. The van der Waals surface area contributed by atoms with Crippen LogP contribution in [0.25, 0.3) is 0 Å². The van der Waals surface area contributed by atoms with Crippen molar-refractivity contribution < 1.29 is 19.4 Å². The number of carbonyl (C=O) groups is 2. The first-order chi connectivity index (χ1) is 7.65. The number of aliphatic carboxylic acids is 1. The Morgan fingerprint density at radius 3 is 2.56 bits per heavy atom. The van der Waals surface area contributed by atoms with E-state index in [9.17, 15) is 14.7 Å². The van der Waals surface area contributed by atoms with Crippen LogP contribution in [0.3, 0.4) is 0 Å². The summed E-state index contributed by atoms with van der Waals surface area (Å²) < 4.78 is 4.81. The molecule has 0 aromatic rings. The molecule has 0 aliphatic heterocycles. The molecule has 2 bridgehead atoms. The predicted molar refractivity (Wildman–Crippen MR) is 52.5 cm³/mol. The molecule has 0 amide bonds. The van der Waals surface area contributed by atoms with Gasteiger partial charge < -0.3 is 14.6 Å². The second-order valence-electron chi connectivity index (χ2n) is 4.13. The summed E-state index contributed by atoms with van der Waals surface area (Å²) in [5.74, 6) is -1.06. The molecule has 4 atom stereocenters. The lowest BCUT2D eigenvalue weighted by molar-refractivity contribution is -0.314. The Kier molecular flexibility index (Phi) is 2.69. The molecule has 0 N–H and O–H groups in total. The number of carboxylic acids is 1. The van der Waals surface area contributed by atoms with Gasteiger partial charge >= 0.3 is 5.97 Å². The molecule has 0 aromatic heterocycles. The summed E-state index contributed by atoms with van der Waals surface area (Å²) in [7, 11) is 0. The Morgan fingerprint density at radius 1 is 1.38 bits per heavy atom. The van der Waals surface area contributed by atoms with E-state index in [1.165, 1.54) is 0 Å². The van der Waals surface area contributed by atoms with Gasteiger partial charge in [0.05, 0.1) is 5.92 Å². The van der Waals surface area contributed by atoms with Crippen molar-refractivity contribution in [3.8, 4) is 12.3 Å². The molecule has 4 nitrogen and oxygen atoms in total. The Morgan fingerprint density at radius 2 is 2.00 bits per heavy atom. The fourth-order valence-corrected chi connectivity index (χ4v) is 2.67. The highest BCUT2D eigenvalue weighted by Gasteiger charge is 2.49. The van der Waals surface area contributed by atoms with Crippen LogP contribution < -0.4 is 5.11 Å². The number of esters is 1. The summed E-state index contributed by atoms with van der Waals surface area (Å²) in [5.41, 5.74) is 0. The van der Waals surface area contributed by atoms with Crippen LogP contribution in [-0.4, -0.2) is 18.5 Å². The Bertz CT molecular complexity index is 390. The fourth-order valence-electron chi connectivity index (χ4n) is 2.67. The van der Waals surface area contributed by atoms with E-state index >= 15 is 0 Å². The van der Waals surface area contributed by atoms with E-state index in [0.717, 1.165) is 0 Å². The van der Waals surface area contributed by atoms with Gasteiger partial charge in [-0.3, -0.25) is 4.79 Å². The number of carboxylic acid groups (broad SMARTS) is 1. The minimum absolute atomic E-state index is 0.0434. The molecule has 16 heavy (non-hydrogen) atoms. The highest BCUT2D eigenvalue weighted by atomic mass is 16.5. The number of ether oxygens (including phenoxy) is 1. The molecule has 2 aliphatic carbocycles. The van der Waals surface area contributed by atoms with E-state index in [1.54, 1.807) is 0 Å². The molecule has 0 spiro atoms. The number of terminal acetylenes is 1. The van der Waals surface area contributed by atoms with Crippen molar-refractivity contribution in [2.24, 2.45) is 23.7 Å². The van der Waals surface area contributed by atoms with Gasteiger partial charge in [0.1, 0.15) is 0 Å². The summed E-state index contributed by atoms with van der Waals surface area (Å²) in [4.78, 5) is 22.7. The molecule has 2 aliphatic rings. The van der Waals surface area contributed by atoms with E-state index < -0.39 is 23.8 Å². The van der Waals surface area contributed by atoms with Crippen LogP contribution in [0.5, 0.6) is 0 Å². The largest absolute Gasteiger partial charge is 0.550 e. The summed E-state index contributed by atoms with van der Waals surface area (Å²) >= 11 is 0. The number of carbonyl (C=O) groups excluding carboxylic acids is 2. The molecule has 4 heteroatoms. The van der Waals surface area contributed by atoms with Crippen molar-refractivity contribution in [1.82, 2.24) is 0 Å². The molecule has 1 fully saturated rings. The Labute approximate surface area is 93.3 Å². The van der Waals surface area contributed by atoms with Crippen LogP contribution >= 0.6 is 0 Å². The van der Waals surface area contributed by atoms with Crippen LogP contribution in [-0.2, 0) is 14.3 Å². The van der Waals surface area contributed by atoms with E-state index in [-0.39, 0.29) is 18.4 Å². The van der Waals surface area contributed by atoms with Crippen LogP contribution in [0.1, 0.15) is 6.42 Å². The third-order valence-corrected chi connectivity index (χ3v) is 3.30. The van der Waals surface area contributed by atoms with Gasteiger partial charge in [-0.25, -0.2) is 0 Å². The van der Waals surface area contributed by atoms with Gasteiger partial charge in [-0.05, 0) is 18.3 Å². The molecular formula is C12H11O4-. The van der Waals surface area contributed by atoms with Crippen molar-refractivity contribution in [3.05, 3.63) is 12.2 Å². The topological polar surface area (TPSA) is 66.4 Å². The van der Waals surface area contributed by atoms with Crippen molar-refractivity contribution >= 4 is 11.9 Å². The van der Waals surface area contributed by atoms with Gasteiger partial charge in [0.15, 0.2) is 6.61 Å². The lowest BCUT2D eigenvalue weighted by Crippen LogP contribution is -2.41. The maximum Gasteiger partial charge on any atom is 0.311 e. The molecule has 0 aromatic carbocycles. The van der Waals surface area contributed by atoms with Gasteiger partial charge in [-0.2, -0.15) is 0 Å². The molecule has 2 rings (SSSR count). The normalized spacial score (nSPS) is 34.7. The monoisotopic (exact) mass is 219 g/mol. The van der Waals surface area contributed by atoms with E-state index in [4.69, 9.17) is 11.2 Å². The molecular weight excluding hydrogens is 208 g/mol. The minimum atomic E-state index is -1.18. The summed E-state index contributed by atoms with van der Waals surface area (Å²) in [6.45, 7) is -0.115. The number of hydrogen-bond acceptors (Lipinski definition) is 4. The SMILES string of the molecule is C#CCOC(=O)[C@@H]1[C@@H](C(=O)[O-])[C@H]2C=C[C@@H]1C2. The quantitative estimate of drug-likeness (QED) is 0.359. The average Bonchev–Trinajstić information content (AvgIpc) is 2.84. The van der Waals surface area contributed by atoms with Crippen molar-refractivity contribution in [2.75, 3.05) is 6.61 Å². The van der Waals surface area contributed by atoms with Gasteiger partial charge in [-0.1, -0.05) is 18.1 Å². The standard InChI is InChI=1S/C12H12O4/c1-2-5-16-12(15)10-8-4-3-7(6-8)9(10)11(13)14/h1,3-4,7-10H,5-6H2,(H,13,14)/p-1/t7-,8+,9-,10-/m0/s1. The molecule has 0 saturated heterocycles. The fraction of sp³-hybridized carbons (Fsp3) is 0.500. The Hall–Kier alpha value is -1.76. The maximum absolute atomic E-state index is 11.7. The van der Waals surface area contributed by atoms with E-state index in [0.29, 0.717) is 6.42 Å². The molecule has 0 heterocycles. The van der Waals surface area contributed by atoms with Crippen LogP contribution in [0.4, 0.5) is 0 Å². The van der Waals surface area contributed by atoms with Gasteiger partial charge in [-0.15, -0.1) is 6.42 Å². The lowest BCUT2D eigenvalue weighted by atomic mass is 9.83. The van der Waals surface area contributed by atoms with Gasteiger partial charge in [0.25, 0.3) is 0 Å². The molecule has 0 radical (unpaired) electrons. The third-order valence-electron chi connectivity index (χ3n) is 3.30. The van der Waals surface area contributed by atoms with Crippen LogP contribution in [0.2, 0.25) is 0 Å². The zero-order valence-electron chi connectivity index (χ0n) is 8.59. The third kappa shape index (κ3) is 1.58. The van der Waals surface area contributed by atoms with Crippen LogP contribution in [0, 0.1) is 36.0 Å². The Balaban J connectivity index is 2.14. The minimum Gasteiger partial charge on any atom is -0.550 e.